The number of aryl methyl sites for hydroxylation is 1. The topological polar surface area (TPSA) is 58.6 Å². The molecule has 0 fully saturated rings. The Hall–Kier alpha value is -1.55. The molecule has 1 unspecified atom stereocenters. The minimum Gasteiger partial charge on any atom is -0.493 e. The average Bonchev–Trinajstić information content (AvgIpc) is 2.29. The van der Waals surface area contributed by atoms with Crippen LogP contribution in [0.25, 0.3) is 0 Å². The van der Waals surface area contributed by atoms with Gasteiger partial charge in [0.1, 0.15) is 5.75 Å². The van der Waals surface area contributed by atoms with Crippen LogP contribution in [-0.2, 0) is 4.79 Å². The first-order valence-electron chi connectivity index (χ1n) is 6.61. The Balaban J connectivity index is 2.56. The molecule has 1 rings (SSSR count). The standard InChI is InChI=1S/C15H23NO3/c1-10(2)16-15(18)7-8-19-14-6-5-11(3)9-13(14)12(4)17/h5-6,9-10,12,17H,7-8H2,1-4H3,(H,16,18). The lowest BCUT2D eigenvalue weighted by Crippen LogP contribution is -2.31. The van der Waals surface area contributed by atoms with Crippen molar-refractivity contribution in [2.45, 2.75) is 46.3 Å². The summed E-state index contributed by atoms with van der Waals surface area (Å²) in [6, 6.07) is 5.79. The molecule has 0 saturated heterocycles. The van der Waals surface area contributed by atoms with Gasteiger partial charge in [0.25, 0.3) is 0 Å². The third-order valence-electron chi connectivity index (χ3n) is 2.65. The number of hydrogen-bond acceptors (Lipinski definition) is 3. The van der Waals surface area contributed by atoms with Crippen molar-refractivity contribution >= 4 is 5.91 Å². The molecule has 0 aliphatic heterocycles. The molecule has 0 saturated carbocycles. The normalized spacial score (nSPS) is 12.3. The number of carbonyl (C=O) groups is 1. The molecule has 106 valence electrons. The molecule has 0 bridgehead atoms. The fraction of sp³-hybridized carbons (Fsp3) is 0.533. The molecule has 0 heterocycles. The molecule has 0 radical (unpaired) electrons. The molecule has 1 aromatic carbocycles. The van der Waals surface area contributed by atoms with Gasteiger partial charge < -0.3 is 15.2 Å². The Morgan fingerprint density at radius 1 is 1.37 bits per heavy atom. The van der Waals surface area contributed by atoms with Gasteiger partial charge in [-0.25, -0.2) is 0 Å². The van der Waals surface area contributed by atoms with Crippen LogP contribution in [0.4, 0.5) is 0 Å². The highest BCUT2D eigenvalue weighted by Gasteiger charge is 2.10. The Kier molecular flexibility index (Phi) is 5.83. The van der Waals surface area contributed by atoms with Gasteiger partial charge in [0.2, 0.25) is 5.91 Å². The van der Waals surface area contributed by atoms with Gasteiger partial charge in [-0.05, 0) is 39.8 Å². The van der Waals surface area contributed by atoms with E-state index in [1.54, 1.807) is 6.92 Å². The molecule has 2 N–H and O–H groups in total. The molecule has 4 heteroatoms. The van der Waals surface area contributed by atoms with Gasteiger partial charge in [0.15, 0.2) is 0 Å². The molecular formula is C15H23NO3. The molecule has 0 aromatic heterocycles. The van der Waals surface area contributed by atoms with Crippen molar-refractivity contribution in [3.63, 3.8) is 0 Å². The number of aliphatic hydroxyl groups excluding tert-OH is 1. The van der Waals surface area contributed by atoms with Crippen molar-refractivity contribution in [1.82, 2.24) is 5.32 Å². The van der Waals surface area contributed by atoms with Crippen molar-refractivity contribution < 1.29 is 14.6 Å². The van der Waals surface area contributed by atoms with E-state index in [9.17, 15) is 9.90 Å². The maximum absolute atomic E-state index is 11.5. The van der Waals surface area contributed by atoms with E-state index in [0.717, 1.165) is 11.1 Å². The maximum Gasteiger partial charge on any atom is 0.223 e. The van der Waals surface area contributed by atoms with Crippen LogP contribution in [0.5, 0.6) is 5.75 Å². The Bertz CT molecular complexity index is 427. The number of hydrogen-bond donors (Lipinski definition) is 2. The van der Waals surface area contributed by atoms with Gasteiger partial charge in [-0.15, -0.1) is 0 Å². The summed E-state index contributed by atoms with van der Waals surface area (Å²) in [7, 11) is 0. The number of benzene rings is 1. The van der Waals surface area contributed by atoms with Crippen LogP contribution in [0.3, 0.4) is 0 Å². The molecule has 4 nitrogen and oxygen atoms in total. The van der Waals surface area contributed by atoms with Crippen LogP contribution in [0, 0.1) is 6.92 Å². The van der Waals surface area contributed by atoms with E-state index in [0.29, 0.717) is 18.8 Å². The van der Waals surface area contributed by atoms with Gasteiger partial charge in [-0.3, -0.25) is 4.79 Å². The summed E-state index contributed by atoms with van der Waals surface area (Å²) in [6.07, 6.45) is -0.273. The third-order valence-corrected chi connectivity index (χ3v) is 2.65. The van der Waals surface area contributed by atoms with E-state index >= 15 is 0 Å². The highest BCUT2D eigenvalue weighted by atomic mass is 16.5. The quantitative estimate of drug-likeness (QED) is 0.830. The second kappa shape index (κ2) is 7.14. The number of rotatable bonds is 6. The second-order valence-corrected chi connectivity index (χ2v) is 5.04. The first-order chi connectivity index (χ1) is 8.90. The fourth-order valence-electron chi connectivity index (χ4n) is 1.77. The minimum absolute atomic E-state index is 0.0271. The van der Waals surface area contributed by atoms with E-state index in [-0.39, 0.29) is 11.9 Å². The third kappa shape index (κ3) is 5.30. The van der Waals surface area contributed by atoms with Gasteiger partial charge in [-0.1, -0.05) is 11.6 Å². The fourth-order valence-corrected chi connectivity index (χ4v) is 1.77. The number of ether oxygens (including phenoxy) is 1. The van der Waals surface area contributed by atoms with Crippen molar-refractivity contribution in [3.05, 3.63) is 29.3 Å². The van der Waals surface area contributed by atoms with Crippen LogP contribution in [0.15, 0.2) is 18.2 Å². The van der Waals surface area contributed by atoms with Gasteiger partial charge in [-0.2, -0.15) is 0 Å². The molecule has 0 spiro atoms. The first kappa shape index (κ1) is 15.5. The summed E-state index contributed by atoms with van der Waals surface area (Å²) in [5, 5.41) is 12.5. The summed E-state index contributed by atoms with van der Waals surface area (Å²) in [4.78, 5) is 11.5. The number of aliphatic hydroxyl groups is 1. The van der Waals surface area contributed by atoms with Gasteiger partial charge in [0, 0.05) is 11.6 Å². The van der Waals surface area contributed by atoms with Crippen LogP contribution in [0.1, 0.15) is 44.4 Å². The molecule has 0 aliphatic carbocycles. The van der Waals surface area contributed by atoms with Crippen molar-refractivity contribution in [3.8, 4) is 5.75 Å². The van der Waals surface area contributed by atoms with Crippen molar-refractivity contribution in [2.24, 2.45) is 0 Å². The van der Waals surface area contributed by atoms with E-state index in [2.05, 4.69) is 5.32 Å². The highest BCUT2D eigenvalue weighted by Crippen LogP contribution is 2.26. The van der Waals surface area contributed by atoms with Crippen LogP contribution >= 0.6 is 0 Å². The zero-order valence-corrected chi connectivity index (χ0v) is 12.1. The average molecular weight is 265 g/mol. The lowest BCUT2D eigenvalue weighted by molar-refractivity contribution is -0.122. The predicted molar refractivity (Wildman–Crippen MR) is 75.2 cm³/mol. The SMILES string of the molecule is Cc1ccc(OCCC(=O)NC(C)C)c(C(C)O)c1. The van der Waals surface area contributed by atoms with Crippen molar-refractivity contribution in [1.29, 1.82) is 0 Å². The summed E-state index contributed by atoms with van der Waals surface area (Å²) in [5.74, 6) is 0.610. The van der Waals surface area contributed by atoms with Gasteiger partial charge >= 0.3 is 0 Å². The Morgan fingerprint density at radius 2 is 2.05 bits per heavy atom. The van der Waals surface area contributed by atoms with Crippen molar-refractivity contribution in [2.75, 3.05) is 6.61 Å². The zero-order chi connectivity index (χ0) is 14.4. The van der Waals surface area contributed by atoms with Gasteiger partial charge in [0.05, 0.1) is 19.1 Å². The lowest BCUT2D eigenvalue weighted by atomic mass is 10.1. The largest absolute Gasteiger partial charge is 0.493 e. The summed E-state index contributed by atoms with van der Waals surface area (Å²) in [6.45, 7) is 7.81. The second-order valence-electron chi connectivity index (χ2n) is 5.04. The number of nitrogens with one attached hydrogen (secondary N) is 1. The van der Waals surface area contributed by atoms with E-state index in [4.69, 9.17) is 4.74 Å². The smallest absolute Gasteiger partial charge is 0.223 e. The van der Waals surface area contributed by atoms with E-state index in [1.807, 2.05) is 39.0 Å². The summed E-state index contributed by atoms with van der Waals surface area (Å²) in [5.41, 5.74) is 1.82. The van der Waals surface area contributed by atoms with Crippen LogP contribution in [-0.4, -0.2) is 23.7 Å². The molecule has 1 aromatic rings. The minimum atomic E-state index is -0.584. The molecule has 1 atom stereocenters. The van der Waals surface area contributed by atoms with E-state index in [1.165, 1.54) is 0 Å². The Labute approximate surface area is 114 Å². The lowest BCUT2D eigenvalue weighted by Gasteiger charge is -2.14. The highest BCUT2D eigenvalue weighted by molar-refractivity contribution is 5.76. The summed E-state index contributed by atoms with van der Waals surface area (Å²) >= 11 is 0. The van der Waals surface area contributed by atoms with Crippen LogP contribution < -0.4 is 10.1 Å². The summed E-state index contributed by atoms with van der Waals surface area (Å²) < 4.78 is 5.58. The predicted octanol–water partition coefficient (Wildman–Crippen LogP) is 2.34. The maximum atomic E-state index is 11.5. The zero-order valence-electron chi connectivity index (χ0n) is 12.1. The molecule has 0 aliphatic rings. The molecule has 19 heavy (non-hydrogen) atoms. The van der Waals surface area contributed by atoms with E-state index < -0.39 is 6.10 Å². The Morgan fingerprint density at radius 3 is 2.63 bits per heavy atom. The monoisotopic (exact) mass is 265 g/mol. The number of amides is 1. The van der Waals surface area contributed by atoms with Crippen LogP contribution in [0.2, 0.25) is 0 Å². The first-order valence-corrected chi connectivity index (χ1v) is 6.61. The number of carbonyl (C=O) groups excluding carboxylic acids is 1. The molecular weight excluding hydrogens is 242 g/mol. The molecule has 1 amide bonds.